The summed E-state index contributed by atoms with van der Waals surface area (Å²) >= 11 is 0. The number of aromatic nitrogens is 3. The van der Waals surface area contributed by atoms with Gasteiger partial charge in [-0.2, -0.15) is 0 Å². The third kappa shape index (κ3) is 3.10. The minimum absolute atomic E-state index is 0.00706. The molecule has 3 aromatic rings. The number of carbonyl (C=O) groups is 1. The smallest absolute Gasteiger partial charge is 0.224 e. The van der Waals surface area contributed by atoms with E-state index in [1.807, 2.05) is 24.5 Å². The van der Waals surface area contributed by atoms with Gasteiger partial charge in [0.2, 0.25) is 5.91 Å². The van der Waals surface area contributed by atoms with Gasteiger partial charge in [0.05, 0.1) is 24.2 Å². The predicted octanol–water partition coefficient (Wildman–Crippen LogP) is 2.09. The number of methoxy groups -OCH3 is 1. The third-order valence-electron chi connectivity index (χ3n) is 5.01. The summed E-state index contributed by atoms with van der Waals surface area (Å²) < 4.78 is 5.01. The standard InChI is InChI=1S/C19H23N5O2/c1-26-10-8-22-19(25)13-3-2-9-24(12-13)16-5-7-20-15-11-23-18-14(17(15)16)4-6-21-18/h4-7,11,13H,2-3,8-10,12H2,1H3,(H,21,23)(H,22,25). The van der Waals surface area contributed by atoms with E-state index in [-0.39, 0.29) is 11.8 Å². The second-order valence-corrected chi connectivity index (χ2v) is 6.66. The number of amides is 1. The van der Waals surface area contributed by atoms with Crippen LogP contribution >= 0.6 is 0 Å². The number of carbonyl (C=O) groups excluding carboxylic acids is 1. The zero-order chi connectivity index (χ0) is 17.9. The lowest BCUT2D eigenvalue weighted by Gasteiger charge is -2.34. The van der Waals surface area contributed by atoms with Crippen LogP contribution in [0.15, 0.2) is 30.7 Å². The number of nitrogens with one attached hydrogen (secondary N) is 2. The van der Waals surface area contributed by atoms with Crippen molar-refractivity contribution < 1.29 is 9.53 Å². The zero-order valence-electron chi connectivity index (χ0n) is 14.9. The molecule has 0 saturated carbocycles. The monoisotopic (exact) mass is 353 g/mol. The number of nitrogens with zero attached hydrogens (tertiary/aromatic N) is 3. The van der Waals surface area contributed by atoms with Crippen LogP contribution in [0.4, 0.5) is 5.69 Å². The summed E-state index contributed by atoms with van der Waals surface area (Å²) in [6.07, 6.45) is 7.43. The van der Waals surface area contributed by atoms with Gasteiger partial charge >= 0.3 is 0 Å². The average Bonchev–Trinajstić information content (AvgIpc) is 3.17. The minimum atomic E-state index is -0.00706. The molecule has 26 heavy (non-hydrogen) atoms. The van der Waals surface area contributed by atoms with Crippen LogP contribution in [-0.4, -0.2) is 54.2 Å². The largest absolute Gasteiger partial charge is 0.383 e. The molecule has 1 unspecified atom stereocenters. The average molecular weight is 353 g/mol. The van der Waals surface area contributed by atoms with E-state index in [1.54, 1.807) is 13.3 Å². The second kappa shape index (κ2) is 7.29. The van der Waals surface area contributed by atoms with Crippen molar-refractivity contribution in [1.29, 1.82) is 0 Å². The lowest BCUT2D eigenvalue weighted by Crippen LogP contribution is -2.43. The number of ether oxygens (including phenoxy) is 1. The zero-order valence-corrected chi connectivity index (χ0v) is 14.9. The van der Waals surface area contributed by atoms with Gasteiger partial charge in [0.25, 0.3) is 0 Å². The van der Waals surface area contributed by atoms with Crippen molar-refractivity contribution >= 4 is 33.5 Å². The number of fused-ring (bicyclic) bond motifs is 3. The van der Waals surface area contributed by atoms with E-state index >= 15 is 0 Å². The Bertz CT molecular complexity index is 923. The fraction of sp³-hybridized carbons (Fsp3) is 0.421. The number of anilines is 1. The maximum absolute atomic E-state index is 12.5. The number of hydrogen-bond donors (Lipinski definition) is 2. The first kappa shape index (κ1) is 16.8. The lowest BCUT2D eigenvalue weighted by molar-refractivity contribution is -0.125. The van der Waals surface area contributed by atoms with Gasteiger partial charge < -0.3 is 19.9 Å². The SMILES string of the molecule is COCCNC(=O)C1CCCN(c2ccnc3cnc4[nH]ccc4c23)C1. The molecule has 136 valence electrons. The fourth-order valence-corrected chi connectivity index (χ4v) is 3.73. The Kier molecular flexibility index (Phi) is 4.71. The molecule has 1 saturated heterocycles. The number of piperidine rings is 1. The molecular weight excluding hydrogens is 330 g/mol. The minimum Gasteiger partial charge on any atom is -0.383 e. The van der Waals surface area contributed by atoms with E-state index in [0.717, 1.165) is 47.0 Å². The Labute approximate surface area is 151 Å². The molecular formula is C19H23N5O2. The lowest BCUT2D eigenvalue weighted by atomic mass is 9.96. The van der Waals surface area contributed by atoms with Crippen LogP contribution in [0.3, 0.4) is 0 Å². The maximum atomic E-state index is 12.5. The van der Waals surface area contributed by atoms with Crippen LogP contribution in [-0.2, 0) is 9.53 Å². The summed E-state index contributed by atoms with van der Waals surface area (Å²) in [5.41, 5.74) is 2.86. The quantitative estimate of drug-likeness (QED) is 0.686. The van der Waals surface area contributed by atoms with E-state index in [9.17, 15) is 4.79 Å². The van der Waals surface area contributed by atoms with Crippen molar-refractivity contribution in [2.45, 2.75) is 12.8 Å². The van der Waals surface area contributed by atoms with Crippen molar-refractivity contribution in [1.82, 2.24) is 20.3 Å². The summed E-state index contributed by atoms with van der Waals surface area (Å²) in [6.45, 7) is 2.75. The Morgan fingerprint density at radius 1 is 1.42 bits per heavy atom. The molecule has 1 aliphatic rings. The molecule has 1 amide bonds. The van der Waals surface area contributed by atoms with E-state index in [0.29, 0.717) is 19.7 Å². The summed E-state index contributed by atoms with van der Waals surface area (Å²) in [7, 11) is 1.64. The van der Waals surface area contributed by atoms with Crippen LogP contribution in [0.2, 0.25) is 0 Å². The van der Waals surface area contributed by atoms with Crippen molar-refractivity contribution in [3.8, 4) is 0 Å². The van der Waals surface area contributed by atoms with Crippen LogP contribution in [0.25, 0.3) is 21.9 Å². The summed E-state index contributed by atoms with van der Waals surface area (Å²) in [4.78, 5) is 26.8. The Hall–Kier alpha value is -2.67. The molecule has 0 aliphatic carbocycles. The van der Waals surface area contributed by atoms with Crippen LogP contribution < -0.4 is 10.2 Å². The molecule has 7 heteroatoms. The number of H-pyrrole nitrogens is 1. The van der Waals surface area contributed by atoms with Gasteiger partial charge in [-0.15, -0.1) is 0 Å². The summed E-state index contributed by atoms with van der Waals surface area (Å²) in [6, 6.07) is 4.08. The highest BCUT2D eigenvalue weighted by molar-refractivity contribution is 6.10. The highest BCUT2D eigenvalue weighted by Crippen LogP contribution is 2.33. The Morgan fingerprint density at radius 2 is 2.35 bits per heavy atom. The van der Waals surface area contributed by atoms with E-state index in [4.69, 9.17) is 4.74 Å². The first-order chi connectivity index (χ1) is 12.8. The number of hydrogen-bond acceptors (Lipinski definition) is 5. The van der Waals surface area contributed by atoms with E-state index in [1.165, 1.54) is 0 Å². The molecule has 0 bridgehead atoms. The van der Waals surface area contributed by atoms with Gasteiger partial charge in [-0.05, 0) is 25.0 Å². The van der Waals surface area contributed by atoms with Crippen LogP contribution in [0, 0.1) is 5.92 Å². The fourth-order valence-electron chi connectivity index (χ4n) is 3.73. The number of rotatable bonds is 5. The number of aromatic amines is 1. The van der Waals surface area contributed by atoms with Gasteiger partial charge in [-0.25, -0.2) is 4.98 Å². The van der Waals surface area contributed by atoms with Crippen molar-refractivity contribution in [2.75, 3.05) is 38.3 Å². The van der Waals surface area contributed by atoms with Gasteiger partial charge in [-0.3, -0.25) is 9.78 Å². The highest BCUT2D eigenvalue weighted by atomic mass is 16.5. The molecule has 0 aromatic carbocycles. The molecule has 4 rings (SSSR count). The second-order valence-electron chi connectivity index (χ2n) is 6.66. The van der Waals surface area contributed by atoms with Crippen LogP contribution in [0.1, 0.15) is 12.8 Å². The molecule has 2 N–H and O–H groups in total. The van der Waals surface area contributed by atoms with Gasteiger partial charge in [-0.1, -0.05) is 0 Å². The maximum Gasteiger partial charge on any atom is 0.224 e. The van der Waals surface area contributed by atoms with E-state index in [2.05, 4.69) is 25.2 Å². The first-order valence-corrected chi connectivity index (χ1v) is 9.00. The Morgan fingerprint density at radius 3 is 3.23 bits per heavy atom. The summed E-state index contributed by atoms with van der Waals surface area (Å²) in [5, 5.41) is 5.13. The molecule has 4 heterocycles. The van der Waals surface area contributed by atoms with Crippen molar-refractivity contribution in [3.63, 3.8) is 0 Å². The van der Waals surface area contributed by atoms with Gasteiger partial charge in [0.15, 0.2) is 0 Å². The molecule has 0 radical (unpaired) electrons. The topological polar surface area (TPSA) is 83.1 Å². The molecule has 1 fully saturated rings. The first-order valence-electron chi connectivity index (χ1n) is 9.00. The van der Waals surface area contributed by atoms with Gasteiger partial charge in [0, 0.05) is 55.6 Å². The summed E-state index contributed by atoms with van der Waals surface area (Å²) in [5.74, 6) is 0.103. The molecule has 0 spiro atoms. The third-order valence-corrected chi connectivity index (χ3v) is 5.01. The molecule has 7 nitrogen and oxygen atoms in total. The predicted molar refractivity (Wildman–Crippen MR) is 101 cm³/mol. The van der Waals surface area contributed by atoms with Crippen molar-refractivity contribution in [3.05, 3.63) is 30.7 Å². The van der Waals surface area contributed by atoms with Crippen LogP contribution in [0.5, 0.6) is 0 Å². The van der Waals surface area contributed by atoms with E-state index < -0.39 is 0 Å². The normalized spacial score (nSPS) is 17.7. The highest BCUT2D eigenvalue weighted by Gasteiger charge is 2.27. The molecule has 1 atom stereocenters. The number of pyridine rings is 2. The molecule has 3 aromatic heterocycles. The van der Waals surface area contributed by atoms with Gasteiger partial charge in [0.1, 0.15) is 5.65 Å². The Balaban J connectivity index is 1.63. The van der Waals surface area contributed by atoms with Crippen molar-refractivity contribution in [2.24, 2.45) is 5.92 Å². The molecule has 1 aliphatic heterocycles.